The Balaban J connectivity index is 1.26. The van der Waals surface area contributed by atoms with Gasteiger partial charge in [-0.05, 0) is 24.3 Å². The largest absolute Gasteiger partial charge is 0.340 e. The predicted octanol–water partition coefficient (Wildman–Crippen LogP) is 2.81. The van der Waals surface area contributed by atoms with Crippen molar-refractivity contribution in [2.45, 2.75) is 19.4 Å². The van der Waals surface area contributed by atoms with Crippen LogP contribution in [0.5, 0.6) is 0 Å². The summed E-state index contributed by atoms with van der Waals surface area (Å²) < 4.78 is 0.789. The highest BCUT2D eigenvalue weighted by Crippen LogP contribution is 2.29. The number of thiophene rings is 1. The van der Waals surface area contributed by atoms with Crippen molar-refractivity contribution >= 4 is 52.0 Å². The molecule has 1 saturated heterocycles. The predicted molar refractivity (Wildman–Crippen MR) is 118 cm³/mol. The number of para-hydroxylation sites is 2. The number of hydrogen-bond acceptors (Lipinski definition) is 5. The lowest BCUT2D eigenvalue weighted by atomic mass is 10.1. The van der Waals surface area contributed by atoms with Gasteiger partial charge in [-0.1, -0.05) is 23.7 Å². The van der Waals surface area contributed by atoms with Gasteiger partial charge < -0.3 is 15.1 Å². The molecule has 158 valence electrons. The summed E-state index contributed by atoms with van der Waals surface area (Å²) in [7, 11) is 0. The van der Waals surface area contributed by atoms with E-state index in [9.17, 15) is 14.4 Å². The molecule has 1 N–H and O–H groups in total. The van der Waals surface area contributed by atoms with Gasteiger partial charge in [0.1, 0.15) is 6.54 Å². The third-order valence-electron chi connectivity index (χ3n) is 5.36. The second-order valence-corrected chi connectivity index (χ2v) is 9.21. The van der Waals surface area contributed by atoms with Gasteiger partial charge in [0.25, 0.3) is 0 Å². The summed E-state index contributed by atoms with van der Waals surface area (Å²) in [5.41, 5.74) is 1.30. The Bertz CT molecular complexity index is 955. The average Bonchev–Trinajstić information content (AvgIpc) is 3.16. The summed E-state index contributed by atoms with van der Waals surface area (Å²) >= 11 is 7.57. The van der Waals surface area contributed by atoms with Crippen molar-refractivity contribution in [1.29, 1.82) is 0 Å². The van der Waals surface area contributed by atoms with Crippen LogP contribution in [0, 0.1) is 0 Å². The summed E-state index contributed by atoms with van der Waals surface area (Å²) in [4.78, 5) is 44.0. The third kappa shape index (κ3) is 4.83. The molecule has 1 aromatic heterocycles. The van der Waals surface area contributed by atoms with E-state index in [1.165, 1.54) is 9.78 Å². The summed E-state index contributed by atoms with van der Waals surface area (Å²) in [6, 6.07) is 11.1. The molecule has 2 aliphatic rings. The maximum atomic E-state index is 12.7. The van der Waals surface area contributed by atoms with Gasteiger partial charge in [-0.25, -0.2) is 0 Å². The molecule has 0 radical (unpaired) electrons. The first-order valence-electron chi connectivity index (χ1n) is 9.93. The van der Waals surface area contributed by atoms with E-state index in [1.54, 1.807) is 23.5 Å². The van der Waals surface area contributed by atoms with Gasteiger partial charge in [0.15, 0.2) is 0 Å². The third-order valence-corrected chi connectivity index (χ3v) is 6.57. The van der Waals surface area contributed by atoms with Crippen molar-refractivity contribution in [2.75, 3.05) is 42.9 Å². The van der Waals surface area contributed by atoms with Gasteiger partial charge in [0.05, 0.1) is 15.7 Å². The minimum atomic E-state index is -0.225. The number of nitrogens with zero attached hydrogens (tertiary/aromatic N) is 3. The van der Waals surface area contributed by atoms with E-state index in [1.807, 2.05) is 29.2 Å². The molecule has 3 heterocycles. The number of carbonyl (C=O) groups excluding carboxylic acids is 3. The van der Waals surface area contributed by atoms with Crippen molar-refractivity contribution in [3.8, 4) is 0 Å². The van der Waals surface area contributed by atoms with E-state index in [0.29, 0.717) is 24.5 Å². The number of nitrogens with one attached hydrogen (secondary N) is 1. The second-order valence-electron chi connectivity index (χ2n) is 7.41. The number of carbonyl (C=O) groups is 3. The molecule has 1 aromatic carbocycles. The average molecular weight is 447 g/mol. The molecule has 0 aliphatic carbocycles. The zero-order chi connectivity index (χ0) is 21.1. The monoisotopic (exact) mass is 446 g/mol. The van der Waals surface area contributed by atoms with Crippen LogP contribution in [0.3, 0.4) is 0 Å². The SMILES string of the molecule is O=C1CN(C(=O)CCC(=O)N2CCN(Cc3ccc(Cl)s3)CC2)c2ccccc2N1. The highest BCUT2D eigenvalue weighted by Gasteiger charge is 2.28. The second kappa shape index (κ2) is 9.16. The van der Waals surface area contributed by atoms with E-state index >= 15 is 0 Å². The Morgan fingerprint density at radius 2 is 1.73 bits per heavy atom. The molecule has 0 saturated carbocycles. The molecule has 0 spiro atoms. The zero-order valence-corrected chi connectivity index (χ0v) is 18.0. The molecular formula is C21H23ClN4O3S. The number of fused-ring (bicyclic) bond motifs is 1. The molecule has 7 nitrogen and oxygen atoms in total. The van der Waals surface area contributed by atoms with Crippen molar-refractivity contribution < 1.29 is 14.4 Å². The van der Waals surface area contributed by atoms with Crippen molar-refractivity contribution in [3.05, 3.63) is 45.6 Å². The smallest absolute Gasteiger partial charge is 0.244 e. The molecule has 3 amide bonds. The molecule has 0 atom stereocenters. The van der Waals surface area contributed by atoms with Crippen LogP contribution in [0.25, 0.3) is 0 Å². The maximum Gasteiger partial charge on any atom is 0.244 e. The van der Waals surface area contributed by atoms with E-state index in [-0.39, 0.29) is 37.1 Å². The number of anilines is 2. The molecule has 2 aromatic rings. The Hall–Kier alpha value is -2.42. The minimum absolute atomic E-state index is 0.0167. The molecule has 0 bridgehead atoms. The maximum absolute atomic E-state index is 12.7. The number of hydrogen-bond donors (Lipinski definition) is 1. The molecule has 2 aliphatic heterocycles. The highest BCUT2D eigenvalue weighted by molar-refractivity contribution is 7.16. The van der Waals surface area contributed by atoms with Crippen LogP contribution in [0.2, 0.25) is 4.34 Å². The fourth-order valence-corrected chi connectivity index (χ4v) is 4.91. The van der Waals surface area contributed by atoms with E-state index in [0.717, 1.165) is 24.0 Å². The fraction of sp³-hybridized carbons (Fsp3) is 0.381. The van der Waals surface area contributed by atoms with Crippen LogP contribution < -0.4 is 10.2 Å². The van der Waals surface area contributed by atoms with Crippen LogP contribution in [0.4, 0.5) is 11.4 Å². The minimum Gasteiger partial charge on any atom is -0.340 e. The van der Waals surface area contributed by atoms with Gasteiger partial charge in [-0.3, -0.25) is 19.3 Å². The summed E-state index contributed by atoms with van der Waals surface area (Å²) in [5, 5.41) is 2.76. The molecule has 1 fully saturated rings. The van der Waals surface area contributed by atoms with Crippen molar-refractivity contribution in [3.63, 3.8) is 0 Å². The lowest BCUT2D eigenvalue weighted by Crippen LogP contribution is -2.48. The van der Waals surface area contributed by atoms with Crippen molar-refractivity contribution in [2.24, 2.45) is 0 Å². The lowest BCUT2D eigenvalue weighted by Gasteiger charge is -2.34. The van der Waals surface area contributed by atoms with Crippen LogP contribution in [-0.4, -0.2) is 60.2 Å². The molecular weight excluding hydrogens is 424 g/mol. The van der Waals surface area contributed by atoms with Gasteiger partial charge >= 0.3 is 0 Å². The number of halogens is 1. The van der Waals surface area contributed by atoms with Crippen LogP contribution in [0.15, 0.2) is 36.4 Å². The summed E-state index contributed by atoms with van der Waals surface area (Å²) in [6.45, 7) is 3.73. The van der Waals surface area contributed by atoms with Crippen LogP contribution in [0.1, 0.15) is 17.7 Å². The summed E-state index contributed by atoms with van der Waals surface area (Å²) in [5.74, 6) is -0.452. The van der Waals surface area contributed by atoms with Crippen molar-refractivity contribution in [1.82, 2.24) is 9.80 Å². The number of piperazine rings is 1. The van der Waals surface area contributed by atoms with Crippen LogP contribution in [-0.2, 0) is 20.9 Å². The standard InChI is InChI=1S/C21H23ClN4O3S/c22-18-6-5-15(30-18)13-24-9-11-25(12-10-24)20(28)7-8-21(29)26-14-19(27)23-16-3-1-2-4-17(16)26/h1-6H,7-14H2,(H,23,27). The fourth-order valence-electron chi connectivity index (χ4n) is 3.78. The quantitative estimate of drug-likeness (QED) is 0.766. The van der Waals surface area contributed by atoms with Gasteiger partial charge in [0.2, 0.25) is 17.7 Å². The normalized spacial score (nSPS) is 16.9. The molecule has 4 rings (SSSR count). The zero-order valence-electron chi connectivity index (χ0n) is 16.5. The first-order chi connectivity index (χ1) is 14.5. The Kier molecular flexibility index (Phi) is 6.36. The van der Waals surface area contributed by atoms with Gasteiger partial charge in [-0.15, -0.1) is 11.3 Å². The Morgan fingerprint density at radius 3 is 2.47 bits per heavy atom. The molecule has 0 unspecified atom stereocenters. The molecule has 9 heteroatoms. The van der Waals surface area contributed by atoms with E-state index in [2.05, 4.69) is 10.2 Å². The Labute approximate surface area is 184 Å². The van der Waals surface area contributed by atoms with E-state index in [4.69, 9.17) is 11.6 Å². The molecule has 30 heavy (non-hydrogen) atoms. The highest BCUT2D eigenvalue weighted by atomic mass is 35.5. The lowest BCUT2D eigenvalue weighted by molar-refractivity contribution is -0.134. The summed E-state index contributed by atoms with van der Waals surface area (Å²) in [6.07, 6.45) is 0.244. The first-order valence-corrected chi connectivity index (χ1v) is 11.1. The number of rotatable bonds is 5. The Morgan fingerprint density at radius 1 is 1.00 bits per heavy atom. The van der Waals surface area contributed by atoms with Gasteiger partial charge in [-0.2, -0.15) is 0 Å². The number of benzene rings is 1. The van der Waals surface area contributed by atoms with Crippen LogP contribution >= 0.6 is 22.9 Å². The van der Waals surface area contributed by atoms with E-state index < -0.39 is 0 Å². The first kappa shape index (κ1) is 20.8. The topological polar surface area (TPSA) is 73.0 Å². The number of amides is 3. The van der Waals surface area contributed by atoms with Gasteiger partial charge in [0, 0.05) is 50.4 Å².